The number of anilines is 2. The lowest BCUT2D eigenvalue weighted by molar-refractivity contribution is 0.415. The van der Waals surface area contributed by atoms with Gasteiger partial charge >= 0.3 is 0 Å². The second kappa shape index (κ2) is 11.7. The van der Waals surface area contributed by atoms with Crippen LogP contribution in [0.15, 0.2) is 107 Å². The summed E-state index contributed by atoms with van der Waals surface area (Å²) in [5, 5.41) is 9.01. The quantitative estimate of drug-likeness (QED) is 0.200. The number of hydrogen-bond donors (Lipinski definition) is 2. The molecule has 4 aromatic carbocycles. The highest BCUT2D eigenvalue weighted by Gasteiger charge is 2.04. The topological polar surface area (TPSA) is 67.2 Å². The summed E-state index contributed by atoms with van der Waals surface area (Å²) in [4.78, 5) is 0. The van der Waals surface area contributed by atoms with E-state index in [0.29, 0.717) is 0 Å². The summed E-state index contributed by atoms with van der Waals surface area (Å²) >= 11 is 0. The maximum atomic E-state index is 5.26. The SMILES string of the molecule is COc1cccc(N/N=C(\C)c2ccc(-c3ccc(/C(C)=N/Nc4cccc(OC)c4)cc3)cc2)c1. The summed E-state index contributed by atoms with van der Waals surface area (Å²) in [6.45, 7) is 3.97. The standard InChI is InChI=1S/C30H30N4O2/c1-21(31-33-27-7-5-9-29(19-27)35-3)23-11-15-25(16-12-23)26-17-13-24(14-18-26)22(2)32-34-28-8-6-10-30(20-28)36-4/h5-20,33-34H,1-4H3/b31-21+,32-22+. The molecule has 2 N–H and O–H groups in total. The van der Waals surface area contributed by atoms with E-state index in [1.807, 2.05) is 62.4 Å². The molecule has 36 heavy (non-hydrogen) atoms. The summed E-state index contributed by atoms with van der Waals surface area (Å²) < 4.78 is 10.5. The van der Waals surface area contributed by atoms with Gasteiger partial charge in [0.25, 0.3) is 0 Å². The van der Waals surface area contributed by atoms with E-state index in [1.54, 1.807) is 14.2 Å². The van der Waals surface area contributed by atoms with E-state index in [2.05, 4.69) is 69.6 Å². The van der Waals surface area contributed by atoms with Crippen LogP contribution in [0, 0.1) is 0 Å². The fourth-order valence-electron chi connectivity index (χ4n) is 3.62. The van der Waals surface area contributed by atoms with E-state index in [9.17, 15) is 0 Å². The molecule has 0 atom stereocenters. The normalized spacial score (nSPS) is 11.7. The predicted molar refractivity (Wildman–Crippen MR) is 150 cm³/mol. The van der Waals surface area contributed by atoms with E-state index in [0.717, 1.165) is 56.6 Å². The molecule has 4 rings (SSSR count). The smallest absolute Gasteiger partial charge is 0.120 e. The second-order valence-corrected chi connectivity index (χ2v) is 8.24. The zero-order valence-electron chi connectivity index (χ0n) is 20.9. The van der Waals surface area contributed by atoms with Crippen LogP contribution in [0.25, 0.3) is 11.1 Å². The summed E-state index contributed by atoms with van der Waals surface area (Å²) in [6, 6.07) is 32.2. The lowest BCUT2D eigenvalue weighted by atomic mass is 10.0. The van der Waals surface area contributed by atoms with Crippen LogP contribution in [-0.4, -0.2) is 25.6 Å². The first-order valence-electron chi connectivity index (χ1n) is 11.7. The molecule has 0 saturated carbocycles. The molecule has 0 fully saturated rings. The van der Waals surface area contributed by atoms with Crippen molar-refractivity contribution in [3.8, 4) is 22.6 Å². The van der Waals surface area contributed by atoms with Crippen LogP contribution < -0.4 is 20.3 Å². The van der Waals surface area contributed by atoms with E-state index < -0.39 is 0 Å². The molecule has 6 heteroatoms. The Balaban J connectivity index is 1.40. The zero-order valence-corrected chi connectivity index (χ0v) is 20.9. The molecule has 0 bridgehead atoms. The first-order valence-corrected chi connectivity index (χ1v) is 11.7. The highest BCUT2D eigenvalue weighted by atomic mass is 16.5. The number of nitrogens with one attached hydrogen (secondary N) is 2. The number of nitrogens with zero attached hydrogens (tertiary/aromatic N) is 2. The van der Waals surface area contributed by atoms with Crippen molar-refractivity contribution in [1.82, 2.24) is 0 Å². The van der Waals surface area contributed by atoms with E-state index in [4.69, 9.17) is 9.47 Å². The summed E-state index contributed by atoms with van der Waals surface area (Å²) in [5.74, 6) is 1.58. The van der Waals surface area contributed by atoms with E-state index in [1.165, 1.54) is 0 Å². The predicted octanol–water partition coefficient (Wildman–Crippen LogP) is 7.04. The Bertz CT molecular complexity index is 1250. The fraction of sp³-hybridized carbons (Fsp3) is 0.133. The molecule has 0 heterocycles. The van der Waals surface area contributed by atoms with Crippen molar-refractivity contribution in [1.29, 1.82) is 0 Å². The Morgan fingerprint density at radius 2 is 0.944 bits per heavy atom. The monoisotopic (exact) mass is 478 g/mol. The highest BCUT2D eigenvalue weighted by Crippen LogP contribution is 2.22. The van der Waals surface area contributed by atoms with Gasteiger partial charge in [-0.2, -0.15) is 10.2 Å². The molecule has 0 unspecified atom stereocenters. The Hall–Kier alpha value is -4.58. The van der Waals surface area contributed by atoms with Gasteiger partial charge in [0.2, 0.25) is 0 Å². The van der Waals surface area contributed by atoms with Gasteiger partial charge in [-0.1, -0.05) is 60.7 Å². The van der Waals surface area contributed by atoms with Gasteiger partial charge in [-0.05, 0) is 60.4 Å². The van der Waals surface area contributed by atoms with Crippen molar-refractivity contribution in [3.05, 3.63) is 108 Å². The van der Waals surface area contributed by atoms with Crippen LogP contribution in [0.2, 0.25) is 0 Å². The minimum atomic E-state index is 0.790. The highest BCUT2D eigenvalue weighted by molar-refractivity contribution is 6.00. The molecule has 0 aliphatic heterocycles. The van der Waals surface area contributed by atoms with Crippen molar-refractivity contribution < 1.29 is 9.47 Å². The van der Waals surface area contributed by atoms with Crippen LogP contribution in [-0.2, 0) is 0 Å². The molecule has 6 nitrogen and oxygen atoms in total. The third-order valence-corrected chi connectivity index (χ3v) is 5.78. The lowest BCUT2D eigenvalue weighted by Crippen LogP contribution is -2.00. The van der Waals surface area contributed by atoms with Crippen molar-refractivity contribution in [3.63, 3.8) is 0 Å². The molecule has 0 saturated heterocycles. The van der Waals surface area contributed by atoms with Crippen LogP contribution in [0.5, 0.6) is 11.5 Å². The third-order valence-electron chi connectivity index (χ3n) is 5.78. The summed E-state index contributed by atoms with van der Waals surface area (Å²) in [7, 11) is 3.30. The van der Waals surface area contributed by atoms with E-state index >= 15 is 0 Å². The Morgan fingerprint density at radius 3 is 1.31 bits per heavy atom. The van der Waals surface area contributed by atoms with Crippen LogP contribution in [0.3, 0.4) is 0 Å². The van der Waals surface area contributed by atoms with Gasteiger partial charge in [-0.3, -0.25) is 10.9 Å². The fourth-order valence-corrected chi connectivity index (χ4v) is 3.62. The van der Waals surface area contributed by atoms with Gasteiger partial charge < -0.3 is 9.47 Å². The number of hydrogen-bond acceptors (Lipinski definition) is 6. The molecule has 0 spiro atoms. The van der Waals surface area contributed by atoms with Crippen molar-refractivity contribution in [2.45, 2.75) is 13.8 Å². The third kappa shape index (κ3) is 6.30. The first kappa shape index (κ1) is 24.5. The van der Waals surface area contributed by atoms with Crippen molar-refractivity contribution >= 4 is 22.8 Å². The average Bonchev–Trinajstić information content (AvgIpc) is 2.95. The molecule has 4 aromatic rings. The second-order valence-electron chi connectivity index (χ2n) is 8.24. The maximum Gasteiger partial charge on any atom is 0.120 e. The molecule has 0 radical (unpaired) electrons. The molecular formula is C30H30N4O2. The number of methoxy groups -OCH3 is 2. The Kier molecular flexibility index (Phi) is 7.98. The molecular weight excluding hydrogens is 448 g/mol. The molecule has 0 amide bonds. The minimum absolute atomic E-state index is 0.790. The lowest BCUT2D eigenvalue weighted by Gasteiger charge is -2.08. The van der Waals surface area contributed by atoms with Gasteiger partial charge in [0.1, 0.15) is 11.5 Å². The van der Waals surface area contributed by atoms with Gasteiger partial charge in [0.05, 0.1) is 37.0 Å². The molecule has 182 valence electrons. The average molecular weight is 479 g/mol. The number of rotatable bonds is 9. The van der Waals surface area contributed by atoms with E-state index in [-0.39, 0.29) is 0 Å². The van der Waals surface area contributed by atoms with Gasteiger partial charge in [0.15, 0.2) is 0 Å². The number of ether oxygens (including phenoxy) is 2. The van der Waals surface area contributed by atoms with Crippen LogP contribution in [0.1, 0.15) is 25.0 Å². The Morgan fingerprint density at radius 1 is 0.556 bits per heavy atom. The Labute approximate surface area is 212 Å². The first-order chi connectivity index (χ1) is 17.6. The molecule has 0 aliphatic rings. The van der Waals surface area contributed by atoms with Crippen LogP contribution in [0.4, 0.5) is 11.4 Å². The van der Waals surface area contributed by atoms with Gasteiger partial charge in [0, 0.05) is 12.1 Å². The molecule has 0 aromatic heterocycles. The van der Waals surface area contributed by atoms with Crippen molar-refractivity contribution in [2.75, 3.05) is 25.1 Å². The maximum absolute atomic E-state index is 5.26. The number of benzene rings is 4. The van der Waals surface area contributed by atoms with Crippen LogP contribution >= 0.6 is 0 Å². The largest absolute Gasteiger partial charge is 0.497 e. The number of hydrazone groups is 2. The summed E-state index contributed by atoms with van der Waals surface area (Å²) in [5.41, 5.74) is 14.1. The van der Waals surface area contributed by atoms with Crippen molar-refractivity contribution in [2.24, 2.45) is 10.2 Å². The van der Waals surface area contributed by atoms with Gasteiger partial charge in [-0.15, -0.1) is 0 Å². The van der Waals surface area contributed by atoms with Gasteiger partial charge in [-0.25, -0.2) is 0 Å². The molecule has 0 aliphatic carbocycles. The zero-order chi connectivity index (χ0) is 25.3. The summed E-state index contributed by atoms with van der Waals surface area (Å²) in [6.07, 6.45) is 0. The minimum Gasteiger partial charge on any atom is -0.497 e.